The average molecular weight is 193 g/mol. The van der Waals surface area contributed by atoms with Gasteiger partial charge in [-0.3, -0.25) is 4.79 Å². The molecule has 1 aromatic carbocycles. The van der Waals surface area contributed by atoms with Crippen molar-refractivity contribution >= 4 is 5.91 Å². The van der Waals surface area contributed by atoms with Crippen LogP contribution >= 0.6 is 0 Å². The van der Waals surface area contributed by atoms with Gasteiger partial charge in [0.05, 0.1) is 6.33 Å². The standard InChI is InChI=1S/C11H12FNO/c12-8-6-11(14)13-9-7-10-4-2-1-3-5-10/h1-6,8H,7,9H2,(H,13,14)/b8-6+. The summed E-state index contributed by atoms with van der Waals surface area (Å²) >= 11 is 0. The molecule has 0 saturated heterocycles. The van der Waals surface area contributed by atoms with E-state index in [4.69, 9.17) is 0 Å². The zero-order chi connectivity index (χ0) is 10.2. The first-order valence-corrected chi connectivity index (χ1v) is 4.41. The molecule has 1 N–H and O–H groups in total. The van der Waals surface area contributed by atoms with Gasteiger partial charge >= 0.3 is 0 Å². The number of hydrogen-bond donors (Lipinski definition) is 1. The van der Waals surface area contributed by atoms with Crippen molar-refractivity contribution in [3.05, 3.63) is 48.3 Å². The molecule has 14 heavy (non-hydrogen) atoms. The van der Waals surface area contributed by atoms with E-state index in [1.54, 1.807) is 0 Å². The SMILES string of the molecule is O=C(/C=C/F)NCCc1ccccc1. The summed E-state index contributed by atoms with van der Waals surface area (Å²) in [7, 11) is 0. The van der Waals surface area contributed by atoms with E-state index in [2.05, 4.69) is 5.32 Å². The highest BCUT2D eigenvalue weighted by Crippen LogP contribution is 1.97. The molecule has 0 spiro atoms. The van der Waals surface area contributed by atoms with Gasteiger partial charge < -0.3 is 5.32 Å². The Morgan fingerprint density at radius 2 is 2.07 bits per heavy atom. The van der Waals surface area contributed by atoms with E-state index in [0.717, 1.165) is 18.1 Å². The van der Waals surface area contributed by atoms with Crippen LogP contribution in [0.2, 0.25) is 0 Å². The number of amides is 1. The monoisotopic (exact) mass is 193 g/mol. The van der Waals surface area contributed by atoms with Crippen LogP contribution in [0.1, 0.15) is 5.56 Å². The van der Waals surface area contributed by atoms with E-state index in [1.165, 1.54) is 0 Å². The topological polar surface area (TPSA) is 29.1 Å². The summed E-state index contributed by atoms with van der Waals surface area (Å²) in [5.41, 5.74) is 1.15. The summed E-state index contributed by atoms with van der Waals surface area (Å²) in [4.78, 5) is 10.8. The highest BCUT2D eigenvalue weighted by Gasteiger charge is 1.94. The lowest BCUT2D eigenvalue weighted by Gasteiger charge is -2.01. The molecule has 0 aromatic heterocycles. The number of carbonyl (C=O) groups is 1. The van der Waals surface area contributed by atoms with Gasteiger partial charge in [0.1, 0.15) is 0 Å². The van der Waals surface area contributed by atoms with Gasteiger partial charge in [0.25, 0.3) is 0 Å². The summed E-state index contributed by atoms with van der Waals surface area (Å²) < 4.78 is 11.6. The summed E-state index contributed by atoms with van der Waals surface area (Å²) in [5, 5.41) is 2.57. The molecule has 74 valence electrons. The Bertz CT molecular complexity index is 308. The Balaban J connectivity index is 2.25. The van der Waals surface area contributed by atoms with Crippen molar-refractivity contribution in [3.8, 4) is 0 Å². The van der Waals surface area contributed by atoms with Crippen LogP contribution in [0.25, 0.3) is 0 Å². The highest BCUT2D eigenvalue weighted by atomic mass is 19.1. The zero-order valence-electron chi connectivity index (χ0n) is 7.74. The first kappa shape index (κ1) is 10.4. The van der Waals surface area contributed by atoms with Gasteiger partial charge in [0, 0.05) is 12.6 Å². The van der Waals surface area contributed by atoms with Crippen molar-refractivity contribution in [1.82, 2.24) is 5.32 Å². The van der Waals surface area contributed by atoms with E-state index in [9.17, 15) is 9.18 Å². The third-order valence-electron chi connectivity index (χ3n) is 1.77. The summed E-state index contributed by atoms with van der Waals surface area (Å²) in [6, 6.07) is 9.79. The first-order valence-electron chi connectivity index (χ1n) is 4.41. The van der Waals surface area contributed by atoms with Crippen LogP contribution in [0.4, 0.5) is 4.39 Å². The fourth-order valence-electron chi connectivity index (χ4n) is 1.09. The third-order valence-corrected chi connectivity index (χ3v) is 1.77. The van der Waals surface area contributed by atoms with Crippen molar-refractivity contribution in [1.29, 1.82) is 0 Å². The predicted octanol–water partition coefficient (Wildman–Crippen LogP) is 1.83. The fourth-order valence-corrected chi connectivity index (χ4v) is 1.09. The number of hydrogen-bond acceptors (Lipinski definition) is 1. The van der Waals surface area contributed by atoms with Gasteiger partial charge in [-0.05, 0) is 12.0 Å². The zero-order valence-corrected chi connectivity index (χ0v) is 7.74. The number of halogens is 1. The third kappa shape index (κ3) is 3.85. The minimum absolute atomic E-state index is 0.234. The molecule has 2 nitrogen and oxygen atoms in total. The Labute approximate surface area is 82.4 Å². The lowest BCUT2D eigenvalue weighted by molar-refractivity contribution is -0.116. The quantitative estimate of drug-likeness (QED) is 0.726. The molecule has 0 bridgehead atoms. The second kappa shape index (κ2) is 5.91. The van der Waals surface area contributed by atoms with Gasteiger partial charge in [0.15, 0.2) is 0 Å². The molecule has 0 heterocycles. The molecule has 0 aliphatic rings. The number of carbonyl (C=O) groups excluding carboxylic acids is 1. The number of benzene rings is 1. The Morgan fingerprint density at radius 1 is 1.36 bits per heavy atom. The van der Waals surface area contributed by atoms with Crippen LogP contribution in [-0.2, 0) is 11.2 Å². The van der Waals surface area contributed by atoms with Gasteiger partial charge in [0.2, 0.25) is 5.91 Å². The normalized spacial score (nSPS) is 10.4. The van der Waals surface area contributed by atoms with Crippen molar-refractivity contribution in [2.75, 3.05) is 6.54 Å². The number of nitrogens with one attached hydrogen (secondary N) is 1. The van der Waals surface area contributed by atoms with Crippen LogP contribution in [0.5, 0.6) is 0 Å². The van der Waals surface area contributed by atoms with E-state index < -0.39 is 5.91 Å². The van der Waals surface area contributed by atoms with Crippen molar-refractivity contribution in [2.24, 2.45) is 0 Å². The molecule has 0 unspecified atom stereocenters. The lowest BCUT2D eigenvalue weighted by atomic mass is 10.1. The maximum Gasteiger partial charge on any atom is 0.246 e. The fraction of sp³-hybridized carbons (Fsp3) is 0.182. The molecule has 1 rings (SSSR count). The molecule has 0 fully saturated rings. The highest BCUT2D eigenvalue weighted by molar-refractivity contribution is 5.87. The second-order valence-electron chi connectivity index (χ2n) is 2.82. The van der Waals surface area contributed by atoms with Gasteiger partial charge in [-0.15, -0.1) is 0 Å². The summed E-state index contributed by atoms with van der Waals surface area (Å²) in [6.45, 7) is 0.521. The molecule has 1 amide bonds. The molecule has 3 heteroatoms. The van der Waals surface area contributed by atoms with E-state index in [-0.39, 0.29) is 6.33 Å². The maximum absolute atomic E-state index is 11.6. The van der Waals surface area contributed by atoms with Crippen LogP contribution in [-0.4, -0.2) is 12.5 Å². The molecule has 0 atom stereocenters. The van der Waals surface area contributed by atoms with Gasteiger partial charge in [-0.1, -0.05) is 30.3 Å². The van der Waals surface area contributed by atoms with Crippen LogP contribution < -0.4 is 5.32 Å². The summed E-state index contributed by atoms with van der Waals surface area (Å²) in [5.74, 6) is -0.400. The van der Waals surface area contributed by atoms with E-state index in [1.807, 2.05) is 30.3 Å². The predicted molar refractivity (Wildman–Crippen MR) is 53.4 cm³/mol. The van der Waals surface area contributed by atoms with Crippen LogP contribution in [0, 0.1) is 0 Å². The summed E-state index contributed by atoms with van der Waals surface area (Å²) in [6.07, 6.45) is 1.86. The van der Waals surface area contributed by atoms with Crippen molar-refractivity contribution in [3.63, 3.8) is 0 Å². The first-order chi connectivity index (χ1) is 6.83. The molecule has 1 aromatic rings. The Morgan fingerprint density at radius 3 is 2.71 bits per heavy atom. The van der Waals surface area contributed by atoms with E-state index in [0.29, 0.717) is 6.54 Å². The molecule has 0 saturated carbocycles. The molecule has 0 aliphatic carbocycles. The average Bonchev–Trinajstić information content (AvgIpc) is 2.20. The molecular formula is C11H12FNO. The van der Waals surface area contributed by atoms with Crippen molar-refractivity contribution in [2.45, 2.75) is 6.42 Å². The largest absolute Gasteiger partial charge is 0.352 e. The van der Waals surface area contributed by atoms with Gasteiger partial charge in [-0.25, -0.2) is 4.39 Å². The maximum atomic E-state index is 11.6. The smallest absolute Gasteiger partial charge is 0.246 e. The Kier molecular flexibility index (Phi) is 4.41. The van der Waals surface area contributed by atoms with E-state index >= 15 is 0 Å². The minimum atomic E-state index is -0.400. The van der Waals surface area contributed by atoms with Gasteiger partial charge in [-0.2, -0.15) is 0 Å². The lowest BCUT2D eigenvalue weighted by Crippen LogP contribution is -2.23. The minimum Gasteiger partial charge on any atom is -0.352 e. The van der Waals surface area contributed by atoms with Crippen LogP contribution in [0.3, 0.4) is 0 Å². The molecule has 0 aliphatic heterocycles. The molecular weight excluding hydrogens is 181 g/mol. The molecule has 0 radical (unpaired) electrons. The van der Waals surface area contributed by atoms with Crippen molar-refractivity contribution < 1.29 is 9.18 Å². The number of rotatable bonds is 4. The second-order valence-corrected chi connectivity index (χ2v) is 2.82. The van der Waals surface area contributed by atoms with Crippen LogP contribution in [0.15, 0.2) is 42.7 Å². The Hall–Kier alpha value is -1.64.